The van der Waals surface area contributed by atoms with Crippen molar-refractivity contribution in [2.24, 2.45) is 0 Å². The first-order chi connectivity index (χ1) is 9.66. The Morgan fingerprint density at radius 3 is 2.60 bits per heavy atom. The van der Waals surface area contributed by atoms with E-state index in [0.29, 0.717) is 10.6 Å². The van der Waals surface area contributed by atoms with Crippen molar-refractivity contribution in [2.45, 2.75) is 6.92 Å². The fourth-order valence-electron chi connectivity index (χ4n) is 1.99. The highest BCUT2D eigenvalue weighted by molar-refractivity contribution is 8.19. The third-order valence-corrected chi connectivity index (χ3v) is 4.66. The molecule has 3 rings (SSSR count). The second-order valence-corrected chi connectivity index (χ2v) is 6.29. The largest absolute Gasteiger partial charge is 0.298 e. The van der Waals surface area contributed by atoms with E-state index in [9.17, 15) is 9.59 Å². The number of nitrogens with zero attached hydrogens (tertiary/aromatic N) is 1. The molecule has 1 fully saturated rings. The van der Waals surface area contributed by atoms with Crippen LogP contribution in [0, 0.1) is 6.92 Å². The standard InChI is InChI=1S/C15H11NO2S2/c1-10-5-2-3-7-12(10)16-14(17)13(20-15(16)18)9-11-6-4-8-19-11/h2-9H,1H3/b13-9+. The van der Waals surface area contributed by atoms with E-state index in [2.05, 4.69) is 0 Å². The lowest BCUT2D eigenvalue weighted by molar-refractivity contribution is -0.113. The van der Waals surface area contributed by atoms with E-state index in [4.69, 9.17) is 0 Å². The molecule has 1 saturated heterocycles. The summed E-state index contributed by atoms with van der Waals surface area (Å²) in [6, 6.07) is 11.2. The minimum Gasteiger partial charge on any atom is -0.268 e. The molecule has 0 N–H and O–H groups in total. The van der Waals surface area contributed by atoms with Crippen LogP contribution in [0.3, 0.4) is 0 Å². The number of rotatable bonds is 2. The van der Waals surface area contributed by atoms with Crippen LogP contribution in [-0.2, 0) is 4.79 Å². The molecule has 1 aliphatic heterocycles. The van der Waals surface area contributed by atoms with Crippen LogP contribution in [0.2, 0.25) is 0 Å². The van der Waals surface area contributed by atoms with Gasteiger partial charge in [-0.3, -0.25) is 9.59 Å². The van der Waals surface area contributed by atoms with Gasteiger partial charge in [0.25, 0.3) is 11.1 Å². The number of thiophene rings is 1. The molecule has 0 atom stereocenters. The minimum atomic E-state index is -0.247. The van der Waals surface area contributed by atoms with Gasteiger partial charge >= 0.3 is 0 Å². The lowest BCUT2D eigenvalue weighted by Gasteiger charge is -2.14. The zero-order valence-electron chi connectivity index (χ0n) is 10.7. The van der Waals surface area contributed by atoms with Crippen molar-refractivity contribution in [3.63, 3.8) is 0 Å². The number of benzene rings is 1. The normalized spacial score (nSPS) is 17.2. The summed E-state index contributed by atoms with van der Waals surface area (Å²) in [7, 11) is 0. The number of carbonyl (C=O) groups excluding carboxylic acids is 2. The van der Waals surface area contributed by atoms with E-state index >= 15 is 0 Å². The molecule has 2 heterocycles. The van der Waals surface area contributed by atoms with Gasteiger partial charge in [-0.25, -0.2) is 4.90 Å². The fraction of sp³-hybridized carbons (Fsp3) is 0.0667. The molecule has 0 unspecified atom stereocenters. The zero-order chi connectivity index (χ0) is 14.1. The van der Waals surface area contributed by atoms with Gasteiger partial charge in [0.2, 0.25) is 0 Å². The highest BCUT2D eigenvalue weighted by Gasteiger charge is 2.36. The summed E-state index contributed by atoms with van der Waals surface area (Å²) < 4.78 is 0. The first-order valence-electron chi connectivity index (χ1n) is 6.04. The van der Waals surface area contributed by atoms with Crippen LogP contribution in [0.15, 0.2) is 46.7 Å². The molecule has 20 heavy (non-hydrogen) atoms. The molecule has 1 aromatic carbocycles. The van der Waals surface area contributed by atoms with Gasteiger partial charge in [-0.05, 0) is 47.8 Å². The van der Waals surface area contributed by atoms with E-state index in [0.717, 1.165) is 22.2 Å². The number of aryl methyl sites for hydroxylation is 1. The van der Waals surface area contributed by atoms with Crippen LogP contribution < -0.4 is 4.90 Å². The quantitative estimate of drug-likeness (QED) is 0.776. The van der Waals surface area contributed by atoms with Gasteiger partial charge in [-0.15, -0.1) is 11.3 Å². The number of anilines is 1. The highest BCUT2D eigenvalue weighted by Crippen LogP contribution is 2.37. The monoisotopic (exact) mass is 301 g/mol. The maximum absolute atomic E-state index is 12.4. The SMILES string of the molecule is Cc1ccccc1N1C(=O)S/C(=C/c2cccs2)C1=O. The van der Waals surface area contributed by atoms with Crippen molar-refractivity contribution in [2.75, 3.05) is 4.90 Å². The van der Waals surface area contributed by atoms with Gasteiger partial charge in [0.15, 0.2) is 0 Å². The molecular weight excluding hydrogens is 290 g/mol. The average molecular weight is 301 g/mol. The smallest absolute Gasteiger partial charge is 0.268 e. The molecule has 0 spiro atoms. The second-order valence-electron chi connectivity index (χ2n) is 4.32. The maximum Gasteiger partial charge on any atom is 0.298 e. The van der Waals surface area contributed by atoms with Crippen LogP contribution in [0.1, 0.15) is 10.4 Å². The molecule has 5 heteroatoms. The van der Waals surface area contributed by atoms with Gasteiger partial charge in [-0.2, -0.15) is 0 Å². The van der Waals surface area contributed by atoms with E-state index in [1.54, 1.807) is 23.5 Å². The topological polar surface area (TPSA) is 37.4 Å². The lowest BCUT2D eigenvalue weighted by atomic mass is 10.2. The fourth-order valence-corrected chi connectivity index (χ4v) is 3.55. The van der Waals surface area contributed by atoms with Crippen molar-refractivity contribution >= 4 is 46.0 Å². The molecule has 0 aliphatic carbocycles. The Balaban J connectivity index is 1.98. The van der Waals surface area contributed by atoms with E-state index in [1.165, 1.54) is 4.90 Å². The zero-order valence-corrected chi connectivity index (χ0v) is 12.3. The van der Waals surface area contributed by atoms with Crippen molar-refractivity contribution < 1.29 is 9.59 Å². The summed E-state index contributed by atoms with van der Waals surface area (Å²) in [4.78, 5) is 27.2. The number of thioether (sulfide) groups is 1. The first-order valence-corrected chi connectivity index (χ1v) is 7.73. The Labute approximate surface area is 124 Å². The average Bonchev–Trinajstić information content (AvgIpc) is 3.01. The third kappa shape index (κ3) is 2.30. The first kappa shape index (κ1) is 13.1. The molecule has 1 aliphatic rings. The second kappa shape index (κ2) is 5.26. The number of hydrogen-bond donors (Lipinski definition) is 0. The van der Waals surface area contributed by atoms with Crippen molar-refractivity contribution in [1.82, 2.24) is 0 Å². The third-order valence-electron chi connectivity index (χ3n) is 2.97. The number of hydrogen-bond acceptors (Lipinski definition) is 4. The number of para-hydroxylation sites is 1. The summed E-state index contributed by atoms with van der Waals surface area (Å²) in [6.07, 6.45) is 1.77. The Kier molecular flexibility index (Phi) is 3.46. The van der Waals surface area contributed by atoms with E-state index < -0.39 is 0 Å². The molecule has 0 radical (unpaired) electrons. The Bertz CT molecular complexity index is 704. The number of imide groups is 1. The van der Waals surface area contributed by atoms with E-state index in [-0.39, 0.29) is 11.1 Å². The van der Waals surface area contributed by atoms with Gasteiger partial charge in [0.05, 0.1) is 10.6 Å². The molecule has 100 valence electrons. The molecule has 3 nitrogen and oxygen atoms in total. The van der Waals surface area contributed by atoms with Crippen LogP contribution in [-0.4, -0.2) is 11.1 Å². The van der Waals surface area contributed by atoms with Gasteiger partial charge in [0.1, 0.15) is 0 Å². The summed E-state index contributed by atoms with van der Waals surface area (Å²) in [6.45, 7) is 1.89. The maximum atomic E-state index is 12.4. The Morgan fingerprint density at radius 2 is 1.90 bits per heavy atom. The van der Waals surface area contributed by atoms with Crippen LogP contribution >= 0.6 is 23.1 Å². The molecule has 0 bridgehead atoms. The lowest BCUT2D eigenvalue weighted by Crippen LogP contribution is -2.28. The molecule has 0 saturated carbocycles. The van der Waals surface area contributed by atoms with Gasteiger partial charge in [0, 0.05) is 4.88 Å². The molecule has 1 aromatic heterocycles. The molecule has 2 amide bonds. The predicted molar refractivity (Wildman–Crippen MR) is 83.9 cm³/mol. The van der Waals surface area contributed by atoms with Crippen molar-refractivity contribution in [3.8, 4) is 0 Å². The van der Waals surface area contributed by atoms with Gasteiger partial charge in [-0.1, -0.05) is 24.3 Å². The number of carbonyl (C=O) groups is 2. The minimum absolute atomic E-state index is 0.243. The summed E-state index contributed by atoms with van der Waals surface area (Å²) >= 11 is 2.53. The summed E-state index contributed by atoms with van der Waals surface area (Å²) in [5.74, 6) is -0.247. The predicted octanol–water partition coefficient (Wildman–Crippen LogP) is 4.30. The Morgan fingerprint density at radius 1 is 1.10 bits per heavy atom. The van der Waals surface area contributed by atoms with Crippen molar-refractivity contribution in [3.05, 3.63) is 57.1 Å². The van der Waals surface area contributed by atoms with Crippen LogP contribution in [0.25, 0.3) is 6.08 Å². The van der Waals surface area contributed by atoms with Crippen LogP contribution in [0.5, 0.6) is 0 Å². The van der Waals surface area contributed by atoms with E-state index in [1.807, 2.05) is 42.6 Å². The van der Waals surface area contributed by atoms with Gasteiger partial charge < -0.3 is 0 Å². The molecular formula is C15H11NO2S2. The number of amides is 2. The van der Waals surface area contributed by atoms with Crippen LogP contribution in [0.4, 0.5) is 10.5 Å². The summed E-state index contributed by atoms with van der Waals surface area (Å²) in [5.41, 5.74) is 1.57. The highest BCUT2D eigenvalue weighted by atomic mass is 32.2. The van der Waals surface area contributed by atoms with Crippen molar-refractivity contribution in [1.29, 1.82) is 0 Å². The molecule has 2 aromatic rings. The summed E-state index contributed by atoms with van der Waals surface area (Å²) in [5, 5.41) is 1.70. The Hall–Kier alpha value is -1.85.